The SMILES string of the molecule is COC(=O)[C@@H](C)Oc1ccc(-n2c(C)cc(C=Nn3c(C4CCCCC4)nc4ccc(Br)cc4c3=O)c2C)cc1. The van der Waals surface area contributed by atoms with Crippen LogP contribution in [-0.2, 0) is 9.53 Å². The summed E-state index contributed by atoms with van der Waals surface area (Å²) in [7, 11) is 1.34. The van der Waals surface area contributed by atoms with Gasteiger partial charge in [-0.1, -0.05) is 35.2 Å². The molecule has 0 amide bonds. The Hall–Kier alpha value is -3.72. The van der Waals surface area contributed by atoms with Crippen molar-refractivity contribution >= 4 is 39.0 Å². The minimum absolute atomic E-state index is 0.159. The molecule has 0 aliphatic heterocycles. The van der Waals surface area contributed by atoms with E-state index in [2.05, 4.69) is 26.6 Å². The van der Waals surface area contributed by atoms with E-state index >= 15 is 0 Å². The molecule has 1 atom stereocenters. The number of fused-ring (bicyclic) bond motifs is 1. The number of rotatable bonds is 7. The number of methoxy groups -OCH3 is 1. The van der Waals surface area contributed by atoms with Crippen LogP contribution in [0.1, 0.15) is 67.7 Å². The molecular formula is C31H33BrN4O4. The first-order valence-corrected chi connectivity index (χ1v) is 14.4. The molecule has 4 aromatic rings. The lowest BCUT2D eigenvalue weighted by Gasteiger charge is -2.22. The number of ether oxygens (including phenoxy) is 2. The van der Waals surface area contributed by atoms with Gasteiger partial charge in [0.1, 0.15) is 11.6 Å². The Bertz CT molecular complexity index is 1630. The second-order valence-electron chi connectivity index (χ2n) is 10.3. The minimum atomic E-state index is -0.693. The van der Waals surface area contributed by atoms with Gasteiger partial charge < -0.3 is 14.0 Å². The third-order valence-corrected chi connectivity index (χ3v) is 8.02. The molecule has 9 heteroatoms. The van der Waals surface area contributed by atoms with Gasteiger partial charge in [0.2, 0.25) is 0 Å². The molecule has 1 fully saturated rings. The number of halogens is 1. The maximum absolute atomic E-state index is 13.7. The summed E-state index contributed by atoms with van der Waals surface area (Å²) >= 11 is 3.48. The van der Waals surface area contributed by atoms with Crippen molar-refractivity contribution in [1.29, 1.82) is 0 Å². The third-order valence-electron chi connectivity index (χ3n) is 7.53. The Balaban J connectivity index is 1.49. The van der Waals surface area contributed by atoms with E-state index < -0.39 is 12.1 Å². The zero-order chi connectivity index (χ0) is 28.4. The third kappa shape index (κ3) is 5.61. The Morgan fingerprint density at radius 2 is 1.82 bits per heavy atom. The van der Waals surface area contributed by atoms with Gasteiger partial charge in [-0.2, -0.15) is 9.78 Å². The lowest BCUT2D eigenvalue weighted by Crippen LogP contribution is -2.25. The van der Waals surface area contributed by atoms with E-state index in [0.717, 1.165) is 58.6 Å². The van der Waals surface area contributed by atoms with Crippen molar-refractivity contribution in [1.82, 2.24) is 14.2 Å². The highest BCUT2D eigenvalue weighted by Gasteiger charge is 2.23. The van der Waals surface area contributed by atoms with E-state index in [1.165, 1.54) is 18.2 Å². The van der Waals surface area contributed by atoms with E-state index in [1.807, 2.05) is 56.3 Å². The number of hydrogen-bond donors (Lipinski definition) is 0. The number of hydrogen-bond acceptors (Lipinski definition) is 6. The highest BCUT2D eigenvalue weighted by molar-refractivity contribution is 9.10. The molecule has 1 aliphatic rings. The fraction of sp³-hybridized carbons (Fsp3) is 0.355. The quantitative estimate of drug-likeness (QED) is 0.179. The molecule has 2 aromatic heterocycles. The number of esters is 1. The topological polar surface area (TPSA) is 87.7 Å². The summed E-state index contributed by atoms with van der Waals surface area (Å²) in [4.78, 5) is 30.3. The molecule has 1 saturated carbocycles. The highest BCUT2D eigenvalue weighted by atomic mass is 79.9. The summed E-state index contributed by atoms with van der Waals surface area (Å²) in [6, 6.07) is 15.2. The van der Waals surface area contributed by atoms with Gasteiger partial charge in [-0.3, -0.25) is 4.79 Å². The Morgan fingerprint density at radius 1 is 1.10 bits per heavy atom. The Labute approximate surface area is 241 Å². The van der Waals surface area contributed by atoms with Crippen LogP contribution in [0.3, 0.4) is 0 Å². The monoisotopic (exact) mass is 604 g/mol. The first-order valence-electron chi connectivity index (χ1n) is 13.6. The Kier molecular flexibility index (Phi) is 8.21. The second-order valence-corrected chi connectivity index (χ2v) is 11.2. The first-order chi connectivity index (χ1) is 19.3. The molecule has 2 heterocycles. The van der Waals surface area contributed by atoms with E-state index in [0.29, 0.717) is 16.7 Å². The van der Waals surface area contributed by atoms with E-state index in [1.54, 1.807) is 13.1 Å². The summed E-state index contributed by atoms with van der Waals surface area (Å²) < 4.78 is 14.9. The van der Waals surface area contributed by atoms with Crippen molar-refractivity contribution < 1.29 is 14.3 Å². The maximum Gasteiger partial charge on any atom is 0.346 e. The zero-order valence-corrected chi connectivity index (χ0v) is 24.8. The molecule has 208 valence electrons. The first kappa shape index (κ1) is 27.8. The molecule has 0 N–H and O–H groups in total. The van der Waals surface area contributed by atoms with E-state index in [-0.39, 0.29) is 11.5 Å². The number of carbonyl (C=O) groups excluding carboxylic acids is 1. The van der Waals surface area contributed by atoms with Crippen molar-refractivity contribution in [3.63, 3.8) is 0 Å². The number of benzene rings is 2. The van der Waals surface area contributed by atoms with Crippen molar-refractivity contribution in [3.8, 4) is 11.4 Å². The van der Waals surface area contributed by atoms with Gasteiger partial charge in [0.25, 0.3) is 5.56 Å². The predicted molar refractivity (Wildman–Crippen MR) is 160 cm³/mol. The van der Waals surface area contributed by atoms with Crippen LogP contribution in [0.15, 0.2) is 62.9 Å². The van der Waals surface area contributed by atoms with Crippen molar-refractivity contribution in [3.05, 3.63) is 86.1 Å². The molecule has 0 radical (unpaired) electrons. The van der Waals surface area contributed by atoms with Crippen LogP contribution in [0.5, 0.6) is 5.75 Å². The lowest BCUT2D eigenvalue weighted by molar-refractivity contribution is -0.147. The van der Waals surface area contributed by atoms with Crippen LogP contribution in [0.2, 0.25) is 0 Å². The van der Waals surface area contributed by atoms with Gasteiger partial charge in [0, 0.05) is 33.0 Å². The molecule has 0 bridgehead atoms. The highest BCUT2D eigenvalue weighted by Crippen LogP contribution is 2.32. The van der Waals surface area contributed by atoms with Crippen LogP contribution >= 0.6 is 15.9 Å². The fourth-order valence-corrected chi connectivity index (χ4v) is 5.79. The molecule has 5 rings (SSSR count). The minimum Gasteiger partial charge on any atom is -0.479 e. The summed E-state index contributed by atoms with van der Waals surface area (Å²) in [6.07, 6.45) is 6.57. The number of aromatic nitrogens is 3. The smallest absolute Gasteiger partial charge is 0.346 e. The van der Waals surface area contributed by atoms with Gasteiger partial charge in [-0.05, 0) is 82.1 Å². The molecular weight excluding hydrogens is 572 g/mol. The van der Waals surface area contributed by atoms with Crippen molar-refractivity contribution in [2.24, 2.45) is 5.10 Å². The number of nitrogens with zero attached hydrogens (tertiary/aromatic N) is 4. The average molecular weight is 606 g/mol. The van der Waals surface area contributed by atoms with Crippen LogP contribution in [0, 0.1) is 13.8 Å². The largest absolute Gasteiger partial charge is 0.479 e. The molecule has 0 unspecified atom stereocenters. The summed E-state index contributed by atoms with van der Waals surface area (Å²) in [6.45, 7) is 5.71. The van der Waals surface area contributed by atoms with Crippen LogP contribution in [0.4, 0.5) is 0 Å². The summed E-state index contributed by atoms with van der Waals surface area (Å²) in [5.41, 5.74) is 4.41. The van der Waals surface area contributed by atoms with Gasteiger partial charge >= 0.3 is 5.97 Å². The molecule has 0 saturated heterocycles. The molecule has 2 aromatic carbocycles. The number of carbonyl (C=O) groups is 1. The predicted octanol–water partition coefficient (Wildman–Crippen LogP) is 6.44. The number of aryl methyl sites for hydroxylation is 1. The lowest BCUT2D eigenvalue weighted by atomic mass is 9.88. The van der Waals surface area contributed by atoms with Crippen LogP contribution in [-0.4, -0.2) is 39.6 Å². The fourth-order valence-electron chi connectivity index (χ4n) is 5.43. The van der Waals surface area contributed by atoms with Crippen molar-refractivity contribution in [2.45, 2.75) is 64.9 Å². The average Bonchev–Trinajstić information content (AvgIpc) is 3.25. The molecule has 8 nitrogen and oxygen atoms in total. The molecule has 0 spiro atoms. The van der Waals surface area contributed by atoms with E-state index in [9.17, 15) is 9.59 Å². The zero-order valence-electron chi connectivity index (χ0n) is 23.2. The standard InChI is InChI=1S/C31H33BrN4O4/c1-19-16-23(20(2)35(19)25-11-13-26(14-12-25)40-21(3)31(38)39-4)18-33-36-29(22-8-6-5-7-9-22)34-28-15-10-24(32)17-27(28)30(36)37/h10-18,21-22H,5-9H2,1-4H3/t21-/m1/s1. The van der Waals surface area contributed by atoms with Gasteiger partial charge in [0.05, 0.1) is 24.2 Å². The van der Waals surface area contributed by atoms with Crippen molar-refractivity contribution in [2.75, 3.05) is 7.11 Å². The Morgan fingerprint density at radius 3 is 2.52 bits per heavy atom. The molecule has 1 aliphatic carbocycles. The van der Waals surface area contributed by atoms with Gasteiger partial charge in [-0.25, -0.2) is 9.78 Å². The summed E-state index contributed by atoms with van der Waals surface area (Å²) in [5, 5.41) is 5.28. The van der Waals surface area contributed by atoms with Gasteiger partial charge in [0.15, 0.2) is 6.10 Å². The second kappa shape index (κ2) is 11.8. The summed E-state index contributed by atoms with van der Waals surface area (Å²) in [5.74, 6) is 1.10. The maximum atomic E-state index is 13.7. The normalized spacial score (nSPS) is 15.0. The van der Waals surface area contributed by atoms with Crippen LogP contribution in [0.25, 0.3) is 16.6 Å². The molecule has 40 heavy (non-hydrogen) atoms. The van der Waals surface area contributed by atoms with Gasteiger partial charge in [-0.15, -0.1) is 0 Å². The van der Waals surface area contributed by atoms with Crippen LogP contribution < -0.4 is 10.3 Å². The van der Waals surface area contributed by atoms with E-state index in [4.69, 9.17) is 19.6 Å².